The normalized spacial score (nSPS) is 20.3. The molecule has 0 saturated carbocycles. The summed E-state index contributed by atoms with van der Waals surface area (Å²) in [6, 6.07) is 12.4. The fourth-order valence-electron chi connectivity index (χ4n) is 3.75. The first-order valence-corrected chi connectivity index (χ1v) is 9.23. The van der Waals surface area contributed by atoms with Crippen molar-refractivity contribution in [2.45, 2.75) is 32.4 Å². The molecule has 0 bridgehead atoms. The molecule has 6 nitrogen and oxygen atoms in total. The van der Waals surface area contributed by atoms with E-state index in [9.17, 15) is 0 Å². The number of ether oxygens (including phenoxy) is 1. The van der Waals surface area contributed by atoms with E-state index in [0.717, 1.165) is 49.7 Å². The maximum atomic E-state index is 6.01. The highest BCUT2D eigenvalue weighted by molar-refractivity contribution is 5.35. The molecule has 0 radical (unpaired) electrons. The van der Waals surface area contributed by atoms with Gasteiger partial charge in [-0.3, -0.25) is 9.67 Å². The zero-order valence-electron chi connectivity index (χ0n) is 15.1. The van der Waals surface area contributed by atoms with Crippen LogP contribution >= 0.6 is 0 Å². The molecule has 136 valence electrons. The highest BCUT2D eigenvalue weighted by Gasteiger charge is 2.28. The molecule has 26 heavy (non-hydrogen) atoms. The molecule has 1 fully saturated rings. The van der Waals surface area contributed by atoms with E-state index in [-0.39, 0.29) is 6.10 Å². The number of benzene rings is 1. The third-order valence-electron chi connectivity index (χ3n) is 5.01. The fraction of sp³-hybridized carbons (Fsp3) is 0.400. The quantitative estimate of drug-likeness (QED) is 0.716. The Morgan fingerprint density at radius 1 is 1.27 bits per heavy atom. The number of aromatic nitrogens is 4. The van der Waals surface area contributed by atoms with Crippen molar-refractivity contribution in [2.24, 2.45) is 5.92 Å². The molecular weight excluding hydrogens is 326 g/mol. The van der Waals surface area contributed by atoms with E-state index in [1.165, 1.54) is 5.69 Å². The number of H-pyrrole nitrogens is 1. The SMILES string of the molecule is Cc1ncc(CNC[C@@H]2CCCO[C@H]2c2ccn[nH]2)n1-c1ccccc1. The van der Waals surface area contributed by atoms with Crippen molar-refractivity contribution in [1.29, 1.82) is 0 Å². The Balaban J connectivity index is 1.42. The molecular formula is C20H25N5O. The summed E-state index contributed by atoms with van der Waals surface area (Å²) in [7, 11) is 0. The van der Waals surface area contributed by atoms with Crippen LogP contribution in [0.3, 0.4) is 0 Å². The van der Waals surface area contributed by atoms with Crippen LogP contribution in [0.4, 0.5) is 0 Å². The second kappa shape index (κ2) is 7.85. The van der Waals surface area contributed by atoms with Gasteiger partial charge in [0.1, 0.15) is 11.9 Å². The van der Waals surface area contributed by atoms with Crippen LogP contribution in [0.5, 0.6) is 0 Å². The zero-order chi connectivity index (χ0) is 17.8. The van der Waals surface area contributed by atoms with Gasteiger partial charge in [-0.15, -0.1) is 0 Å². The van der Waals surface area contributed by atoms with Gasteiger partial charge in [0.05, 0.1) is 17.6 Å². The molecule has 2 aromatic heterocycles. The van der Waals surface area contributed by atoms with Crippen LogP contribution in [0.25, 0.3) is 5.69 Å². The lowest BCUT2D eigenvalue weighted by Crippen LogP contribution is -2.32. The molecule has 0 aliphatic carbocycles. The Labute approximate surface area is 153 Å². The second-order valence-corrected chi connectivity index (χ2v) is 6.80. The van der Waals surface area contributed by atoms with Crippen LogP contribution in [0, 0.1) is 12.8 Å². The van der Waals surface area contributed by atoms with Gasteiger partial charge < -0.3 is 10.1 Å². The Morgan fingerprint density at radius 2 is 2.15 bits per heavy atom. The molecule has 1 saturated heterocycles. The molecule has 6 heteroatoms. The third kappa shape index (κ3) is 3.57. The lowest BCUT2D eigenvalue weighted by Gasteiger charge is -2.31. The number of hydrogen-bond acceptors (Lipinski definition) is 4. The van der Waals surface area contributed by atoms with Crippen LogP contribution in [-0.4, -0.2) is 32.9 Å². The second-order valence-electron chi connectivity index (χ2n) is 6.80. The Hall–Kier alpha value is -2.44. The van der Waals surface area contributed by atoms with E-state index in [1.807, 2.05) is 25.3 Å². The maximum absolute atomic E-state index is 6.01. The lowest BCUT2D eigenvalue weighted by atomic mass is 9.92. The Bertz CT molecular complexity index is 812. The number of nitrogens with zero attached hydrogens (tertiary/aromatic N) is 3. The van der Waals surface area contributed by atoms with Gasteiger partial charge in [-0.1, -0.05) is 18.2 Å². The molecule has 4 rings (SSSR count). The molecule has 0 spiro atoms. The lowest BCUT2D eigenvalue weighted by molar-refractivity contribution is -0.0303. The van der Waals surface area contributed by atoms with Gasteiger partial charge in [0.15, 0.2) is 0 Å². The molecule has 1 aliphatic rings. The first-order chi connectivity index (χ1) is 12.8. The molecule has 0 unspecified atom stereocenters. The highest BCUT2D eigenvalue weighted by atomic mass is 16.5. The molecule has 1 aliphatic heterocycles. The zero-order valence-corrected chi connectivity index (χ0v) is 15.1. The molecule has 3 heterocycles. The number of nitrogens with one attached hydrogen (secondary N) is 2. The van der Waals surface area contributed by atoms with Crippen LogP contribution in [0.1, 0.15) is 36.2 Å². The van der Waals surface area contributed by atoms with Gasteiger partial charge in [0, 0.05) is 37.5 Å². The van der Waals surface area contributed by atoms with Gasteiger partial charge in [-0.05, 0) is 38.0 Å². The number of hydrogen-bond donors (Lipinski definition) is 2. The third-order valence-corrected chi connectivity index (χ3v) is 5.01. The van der Waals surface area contributed by atoms with E-state index < -0.39 is 0 Å². The van der Waals surface area contributed by atoms with E-state index in [2.05, 4.69) is 49.3 Å². The topological polar surface area (TPSA) is 67.8 Å². The van der Waals surface area contributed by atoms with Gasteiger partial charge >= 0.3 is 0 Å². The van der Waals surface area contributed by atoms with Crippen LogP contribution < -0.4 is 5.32 Å². The van der Waals surface area contributed by atoms with Crippen LogP contribution in [0.15, 0.2) is 48.8 Å². The van der Waals surface area contributed by atoms with Crippen molar-refractivity contribution in [2.75, 3.05) is 13.2 Å². The van der Waals surface area contributed by atoms with Gasteiger partial charge in [-0.25, -0.2) is 4.98 Å². The Morgan fingerprint density at radius 3 is 2.96 bits per heavy atom. The average Bonchev–Trinajstić information content (AvgIpc) is 3.33. The van der Waals surface area contributed by atoms with E-state index in [0.29, 0.717) is 5.92 Å². The maximum Gasteiger partial charge on any atom is 0.110 e. The van der Waals surface area contributed by atoms with E-state index >= 15 is 0 Å². The fourth-order valence-corrected chi connectivity index (χ4v) is 3.75. The number of imidazole rings is 1. The first-order valence-electron chi connectivity index (χ1n) is 9.23. The van der Waals surface area contributed by atoms with Crippen molar-refractivity contribution in [3.05, 3.63) is 66.0 Å². The minimum atomic E-state index is 0.0968. The number of aromatic amines is 1. The summed E-state index contributed by atoms with van der Waals surface area (Å²) in [6.07, 6.45) is 6.11. The summed E-state index contributed by atoms with van der Waals surface area (Å²) in [5.74, 6) is 1.45. The first kappa shape index (κ1) is 17.0. The van der Waals surface area contributed by atoms with Crippen molar-refractivity contribution in [1.82, 2.24) is 25.1 Å². The largest absolute Gasteiger partial charge is 0.372 e. The average molecular weight is 351 g/mol. The van der Waals surface area contributed by atoms with Gasteiger partial charge in [-0.2, -0.15) is 5.10 Å². The molecule has 0 amide bonds. The summed E-state index contributed by atoms with van der Waals surface area (Å²) in [5, 5.41) is 10.7. The summed E-state index contributed by atoms with van der Waals surface area (Å²) >= 11 is 0. The van der Waals surface area contributed by atoms with Crippen molar-refractivity contribution >= 4 is 0 Å². The summed E-state index contributed by atoms with van der Waals surface area (Å²) in [6.45, 7) is 4.55. The van der Waals surface area contributed by atoms with E-state index in [1.54, 1.807) is 6.20 Å². The van der Waals surface area contributed by atoms with Crippen LogP contribution in [-0.2, 0) is 11.3 Å². The monoisotopic (exact) mass is 351 g/mol. The number of aryl methyl sites for hydroxylation is 1. The van der Waals surface area contributed by atoms with Crippen LogP contribution in [0.2, 0.25) is 0 Å². The predicted molar refractivity (Wildman–Crippen MR) is 100 cm³/mol. The standard InChI is InChI=1S/C20H25N5O/c1-15-22-14-18(25(15)17-7-3-2-4-8-17)13-21-12-16-6-5-11-26-20(16)19-9-10-23-24-19/h2-4,7-10,14,16,20-21H,5-6,11-13H2,1H3,(H,23,24)/t16-,20+/m0/s1. The molecule has 2 atom stereocenters. The number of para-hydroxylation sites is 1. The minimum Gasteiger partial charge on any atom is -0.372 e. The van der Waals surface area contributed by atoms with Crippen molar-refractivity contribution in [3.63, 3.8) is 0 Å². The van der Waals surface area contributed by atoms with Crippen molar-refractivity contribution < 1.29 is 4.74 Å². The molecule has 2 N–H and O–H groups in total. The Kier molecular flexibility index (Phi) is 5.13. The predicted octanol–water partition coefficient (Wildman–Crippen LogP) is 3.16. The summed E-state index contributed by atoms with van der Waals surface area (Å²) in [5.41, 5.74) is 3.39. The van der Waals surface area contributed by atoms with Gasteiger partial charge in [0.25, 0.3) is 0 Å². The van der Waals surface area contributed by atoms with Crippen molar-refractivity contribution in [3.8, 4) is 5.69 Å². The minimum absolute atomic E-state index is 0.0968. The molecule has 1 aromatic carbocycles. The smallest absolute Gasteiger partial charge is 0.110 e. The number of rotatable bonds is 6. The van der Waals surface area contributed by atoms with E-state index in [4.69, 9.17) is 4.74 Å². The molecule has 3 aromatic rings. The highest BCUT2D eigenvalue weighted by Crippen LogP contribution is 2.32. The summed E-state index contributed by atoms with van der Waals surface area (Å²) < 4.78 is 8.21. The summed E-state index contributed by atoms with van der Waals surface area (Å²) in [4.78, 5) is 4.50. The van der Waals surface area contributed by atoms with Gasteiger partial charge in [0.2, 0.25) is 0 Å².